The maximum atomic E-state index is 13.4. The molecule has 10 nitrogen and oxygen atoms in total. The van der Waals surface area contributed by atoms with Crippen molar-refractivity contribution in [3.63, 3.8) is 0 Å². The second kappa shape index (κ2) is 11.7. The van der Waals surface area contributed by atoms with Crippen LogP contribution in [0, 0.1) is 29.1 Å². The largest absolute Gasteiger partial charge is 0.376 e. The number of hydrogen-bond donors (Lipinski definition) is 5. The Balaban J connectivity index is 1.44. The normalized spacial score (nSPS) is 34.4. The first-order valence-electron chi connectivity index (χ1n) is 12.6. The summed E-state index contributed by atoms with van der Waals surface area (Å²) in [6.45, 7) is 2.72. The van der Waals surface area contributed by atoms with Gasteiger partial charge < -0.3 is 36.9 Å². The highest BCUT2D eigenvalue weighted by Gasteiger charge is 2.44. The van der Waals surface area contributed by atoms with E-state index in [1.165, 1.54) is 19.3 Å². The predicted octanol–water partition coefficient (Wildman–Crippen LogP) is -1.44. The number of aliphatic imine (C=N–C) groups is 1. The first-order valence-corrected chi connectivity index (χ1v) is 12.6. The predicted molar refractivity (Wildman–Crippen MR) is 123 cm³/mol. The van der Waals surface area contributed by atoms with Crippen molar-refractivity contribution in [2.45, 2.75) is 81.6 Å². The molecule has 0 aromatic rings. The van der Waals surface area contributed by atoms with Crippen molar-refractivity contribution in [1.82, 2.24) is 10.6 Å². The molecule has 0 bridgehead atoms. The molecule has 10 heteroatoms. The number of nitrogens with one attached hydrogen (secondary N) is 2. The van der Waals surface area contributed by atoms with E-state index >= 15 is 0 Å². The smallest absolute Gasteiger partial charge is 0.234 e. The van der Waals surface area contributed by atoms with Gasteiger partial charge in [-0.1, -0.05) is 19.3 Å². The minimum atomic E-state index is -0.834. The molecule has 2 saturated heterocycles. The second-order valence-corrected chi connectivity index (χ2v) is 10.0. The quantitative estimate of drug-likeness (QED) is 0.276. The molecule has 4 rings (SSSR count). The van der Waals surface area contributed by atoms with Gasteiger partial charge in [-0.15, -0.1) is 0 Å². The van der Waals surface area contributed by atoms with E-state index in [9.17, 15) is 10.1 Å². The average molecular weight is 463 g/mol. The Morgan fingerprint density at radius 2 is 2.09 bits per heavy atom. The Labute approximate surface area is 196 Å². The Morgan fingerprint density at radius 3 is 2.76 bits per heavy atom. The Hall–Kier alpha value is -1.61. The highest BCUT2D eigenvalue weighted by molar-refractivity contribution is 5.80. The van der Waals surface area contributed by atoms with Crippen molar-refractivity contribution in [2.75, 3.05) is 26.3 Å². The van der Waals surface area contributed by atoms with Crippen LogP contribution in [0.1, 0.15) is 44.9 Å². The SMILES string of the molecule is N#CCC1C=NC(C(C(=O)NC2CNCCC2OC2COC2)C(N)N)[NH2+]C1C1CCCCC1. The summed E-state index contributed by atoms with van der Waals surface area (Å²) in [5.74, 6) is -0.229. The van der Waals surface area contributed by atoms with Crippen molar-refractivity contribution in [3.05, 3.63) is 0 Å². The molecule has 8 N–H and O–H groups in total. The van der Waals surface area contributed by atoms with Gasteiger partial charge in [0.1, 0.15) is 12.0 Å². The standard InChI is InChI=1S/C23H39N7O3/c24-8-6-15-10-28-22(30-20(15)14-4-2-1-3-5-14)19(21(25)26)23(31)29-17-11-27-9-7-18(17)33-16-12-32-13-16/h10,14-22,27,30H,1-7,9,11-13,25-26H2,(H,29,31)/p+1. The van der Waals surface area contributed by atoms with Crippen LogP contribution in [0.5, 0.6) is 0 Å². The molecule has 1 saturated carbocycles. The maximum absolute atomic E-state index is 13.4. The van der Waals surface area contributed by atoms with Gasteiger partial charge in [-0.3, -0.25) is 4.79 Å². The number of piperidine rings is 1. The number of rotatable bonds is 8. The van der Waals surface area contributed by atoms with E-state index in [-0.39, 0.29) is 42.3 Å². The molecular weight excluding hydrogens is 422 g/mol. The van der Waals surface area contributed by atoms with Gasteiger partial charge in [0, 0.05) is 25.1 Å². The first kappa shape index (κ1) is 24.5. The molecule has 0 aromatic carbocycles. The summed E-state index contributed by atoms with van der Waals surface area (Å²) < 4.78 is 11.4. The van der Waals surface area contributed by atoms with Crippen LogP contribution in [-0.2, 0) is 14.3 Å². The van der Waals surface area contributed by atoms with Gasteiger partial charge in [0.2, 0.25) is 5.91 Å². The van der Waals surface area contributed by atoms with E-state index in [0.717, 1.165) is 25.8 Å². The molecule has 6 unspecified atom stereocenters. The molecule has 4 aliphatic rings. The number of carbonyl (C=O) groups excluding carboxylic acids is 1. The van der Waals surface area contributed by atoms with Crippen molar-refractivity contribution in [1.29, 1.82) is 5.26 Å². The van der Waals surface area contributed by atoms with Gasteiger partial charge in [0.25, 0.3) is 0 Å². The van der Waals surface area contributed by atoms with E-state index in [0.29, 0.717) is 32.1 Å². The number of quaternary nitrogens is 1. The van der Waals surface area contributed by atoms with Gasteiger partial charge in [0.15, 0.2) is 6.17 Å². The molecule has 3 heterocycles. The molecular formula is C23H40N7O3+. The maximum Gasteiger partial charge on any atom is 0.234 e. The van der Waals surface area contributed by atoms with Gasteiger partial charge in [-0.2, -0.15) is 5.26 Å². The third kappa shape index (κ3) is 6.10. The van der Waals surface area contributed by atoms with Crippen molar-refractivity contribution in [3.8, 4) is 6.07 Å². The number of nitrogens with two attached hydrogens (primary N) is 3. The van der Waals surface area contributed by atoms with Crippen LogP contribution in [0.4, 0.5) is 0 Å². The van der Waals surface area contributed by atoms with Crippen molar-refractivity contribution < 1.29 is 19.6 Å². The topological polar surface area (TPSA) is 164 Å². The van der Waals surface area contributed by atoms with E-state index in [2.05, 4.69) is 27.0 Å². The lowest BCUT2D eigenvalue weighted by Gasteiger charge is -2.40. The first-order chi connectivity index (χ1) is 16.1. The average Bonchev–Trinajstić information content (AvgIpc) is 2.79. The molecule has 0 spiro atoms. The molecule has 1 aliphatic carbocycles. The Morgan fingerprint density at radius 1 is 1.30 bits per heavy atom. The molecule has 33 heavy (non-hydrogen) atoms. The molecule has 0 aromatic heterocycles. The number of hydrogen-bond acceptors (Lipinski definition) is 8. The summed E-state index contributed by atoms with van der Waals surface area (Å²) >= 11 is 0. The van der Waals surface area contributed by atoms with Crippen molar-refractivity contribution in [2.24, 2.45) is 34.2 Å². The van der Waals surface area contributed by atoms with Gasteiger partial charge in [0.05, 0.1) is 49.6 Å². The van der Waals surface area contributed by atoms with E-state index in [1.54, 1.807) is 0 Å². The van der Waals surface area contributed by atoms with E-state index < -0.39 is 12.1 Å². The van der Waals surface area contributed by atoms with Crippen molar-refractivity contribution >= 4 is 12.1 Å². The fourth-order valence-electron chi connectivity index (χ4n) is 5.78. The van der Waals surface area contributed by atoms with E-state index in [4.69, 9.17) is 20.9 Å². The van der Waals surface area contributed by atoms with Crippen LogP contribution in [-0.4, -0.2) is 75.0 Å². The zero-order valence-electron chi connectivity index (χ0n) is 19.4. The van der Waals surface area contributed by atoms with Crippen LogP contribution in [0.3, 0.4) is 0 Å². The highest BCUT2D eigenvalue weighted by Crippen LogP contribution is 2.30. The van der Waals surface area contributed by atoms with Crippen LogP contribution < -0.4 is 27.4 Å². The number of nitrogens with zero attached hydrogens (tertiary/aromatic N) is 2. The molecule has 6 atom stereocenters. The third-order valence-corrected chi connectivity index (χ3v) is 7.69. The summed E-state index contributed by atoms with van der Waals surface area (Å²) in [5, 5.41) is 18.0. The lowest BCUT2D eigenvalue weighted by atomic mass is 9.77. The lowest BCUT2D eigenvalue weighted by molar-refractivity contribution is -0.738. The Bertz CT molecular complexity index is 717. The Kier molecular flexibility index (Phi) is 8.68. The lowest BCUT2D eigenvalue weighted by Crippen LogP contribution is -3.00. The fourth-order valence-corrected chi connectivity index (χ4v) is 5.78. The van der Waals surface area contributed by atoms with Crippen LogP contribution in [0.25, 0.3) is 0 Å². The van der Waals surface area contributed by atoms with Crippen LogP contribution in [0.2, 0.25) is 0 Å². The summed E-state index contributed by atoms with van der Waals surface area (Å²) in [6, 6.07) is 2.39. The summed E-state index contributed by atoms with van der Waals surface area (Å²) in [7, 11) is 0. The van der Waals surface area contributed by atoms with E-state index in [1.807, 2.05) is 6.21 Å². The zero-order chi connectivity index (χ0) is 23.2. The second-order valence-electron chi connectivity index (χ2n) is 10.0. The summed E-state index contributed by atoms with van der Waals surface area (Å²) in [4.78, 5) is 18.1. The number of carbonyl (C=O) groups is 1. The minimum absolute atomic E-state index is 0.0624. The molecule has 3 aliphatic heterocycles. The fraction of sp³-hybridized carbons (Fsp3) is 0.870. The summed E-state index contributed by atoms with van der Waals surface area (Å²) in [6.07, 6.45) is 8.01. The molecule has 3 fully saturated rings. The molecule has 1 amide bonds. The number of nitriles is 1. The summed E-state index contributed by atoms with van der Waals surface area (Å²) in [5.41, 5.74) is 12.3. The van der Waals surface area contributed by atoms with Gasteiger partial charge in [-0.25, -0.2) is 4.99 Å². The molecule has 0 radical (unpaired) electrons. The molecule has 184 valence electrons. The monoisotopic (exact) mass is 462 g/mol. The number of ether oxygens (including phenoxy) is 2. The highest BCUT2D eigenvalue weighted by atomic mass is 16.6. The third-order valence-electron chi connectivity index (χ3n) is 7.69. The van der Waals surface area contributed by atoms with Gasteiger partial charge >= 0.3 is 0 Å². The van der Waals surface area contributed by atoms with Crippen LogP contribution in [0.15, 0.2) is 4.99 Å². The van der Waals surface area contributed by atoms with Crippen LogP contribution >= 0.6 is 0 Å². The minimum Gasteiger partial charge on any atom is -0.376 e. The number of amides is 1. The zero-order valence-corrected chi connectivity index (χ0v) is 19.4. The van der Waals surface area contributed by atoms with Gasteiger partial charge in [-0.05, 0) is 25.8 Å².